The standard InChI is InChI=1S/C12H15ClN2O5/c1-7(12(19-2)20-3)14-11(16)9-5-4-8(15(17)18)6-10(9)13/h4-7,12H,1-3H3,(H,14,16). The predicted octanol–water partition coefficient (Wildman–Crippen LogP) is 1.99. The zero-order valence-electron chi connectivity index (χ0n) is 11.3. The quantitative estimate of drug-likeness (QED) is 0.493. The first-order chi connectivity index (χ1) is 9.40. The summed E-state index contributed by atoms with van der Waals surface area (Å²) in [6.07, 6.45) is -0.601. The third-order valence-electron chi connectivity index (χ3n) is 2.64. The number of non-ortho nitro benzene ring substituents is 1. The highest BCUT2D eigenvalue weighted by atomic mass is 35.5. The zero-order chi connectivity index (χ0) is 15.3. The highest BCUT2D eigenvalue weighted by Gasteiger charge is 2.21. The summed E-state index contributed by atoms with van der Waals surface area (Å²) in [5.74, 6) is -0.462. The maximum atomic E-state index is 12.0. The Morgan fingerprint density at radius 1 is 1.40 bits per heavy atom. The molecule has 0 bridgehead atoms. The SMILES string of the molecule is COC(OC)C(C)NC(=O)c1ccc([N+](=O)[O-])cc1Cl. The monoisotopic (exact) mass is 302 g/mol. The van der Waals surface area contributed by atoms with Gasteiger partial charge in [0.15, 0.2) is 6.29 Å². The van der Waals surface area contributed by atoms with Gasteiger partial charge < -0.3 is 14.8 Å². The van der Waals surface area contributed by atoms with Gasteiger partial charge >= 0.3 is 0 Å². The molecule has 110 valence electrons. The van der Waals surface area contributed by atoms with Crippen LogP contribution >= 0.6 is 11.6 Å². The number of nitrogens with one attached hydrogen (secondary N) is 1. The van der Waals surface area contributed by atoms with Crippen LogP contribution in [0.5, 0.6) is 0 Å². The summed E-state index contributed by atoms with van der Waals surface area (Å²) in [7, 11) is 2.91. The number of rotatable bonds is 6. The van der Waals surface area contributed by atoms with Crippen molar-refractivity contribution < 1.29 is 19.2 Å². The van der Waals surface area contributed by atoms with Gasteiger partial charge in [0.25, 0.3) is 11.6 Å². The Balaban J connectivity index is 2.85. The second kappa shape index (κ2) is 7.18. The van der Waals surface area contributed by atoms with E-state index in [0.29, 0.717) is 0 Å². The van der Waals surface area contributed by atoms with Crippen molar-refractivity contribution in [2.75, 3.05) is 14.2 Å². The summed E-state index contributed by atoms with van der Waals surface area (Å²) < 4.78 is 10.0. The smallest absolute Gasteiger partial charge is 0.270 e. The Kier molecular flexibility index (Phi) is 5.87. The van der Waals surface area contributed by atoms with E-state index in [1.807, 2.05) is 0 Å². The Hall–Kier alpha value is -1.70. The highest BCUT2D eigenvalue weighted by molar-refractivity contribution is 6.34. The number of carbonyl (C=O) groups is 1. The molecular weight excluding hydrogens is 288 g/mol. The fourth-order valence-electron chi connectivity index (χ4n) is 1.66. The molecule has 1 aromatic rings. The van der Waals surface area contributed by atoms with E-state index in [9.17, 15) is 14.9 Å². The van der Waals surface area contributed by atoms with Gasteiger partial charge in [-0.15, -0.1) is 0 Å². The number of halogens is 1. The van der Waals surface area contributed by atoms with E-state index in [1.54, 1.807) is 6.92 Å². The van der Waals surface area contributed by atoms with Gasteiger partial charge in [0.05, 0.1) is 21.6 Å². The number of hydrogen-bond acceptors (Lipinski definition) is 5. The van der Waals surface area contributed by atoms with Crippen LogP contribution in [0.4, 0.5) is 5.69 Å². The van der Waals surface area contributed by atoms with E-state index in [-0.39, 0.29) is 16.3 Å². The maximum Gasteiger partial charge on any atom is 0.270 e. The van der Waals surface area contributed by atoms with E-state index in [1.165, 1.54) is 26.4 Å². The van der Waals surface area contributed by atoms with Crippen molar-refractivity contribution in [3.8, 4) is 0 Å². The van der Waals surface area contributed by atoms with Crippen LogP contribution in [0.3, 0.4) is 0 Å². The van der Waals surface area contributed by atoms with E-state index in [4.69, 9.17) is 21.1 Å². The summed E-state index contributed by atoms with van der Waals surface area (Å²) >= 11 is 5.87. The molecule has 0 saturated heterocycles. The summed E-state index contributed by atoms with van der Waals surface area (Å²) in [6, 6.07) is 3.24. The van der Waals surface area contributed by atoms with Crippen molar-refractivity contribution in [1.29, 1.82) is 0 Å². The van der Waals surface area contributed by atoms with Crippen LogP contribution in [-0.2, 0) is 9.47 Å². The molecule has 0 radical (unpaired) electrons. The second-order valence-electron chi connectivity index (χ2n) is 4.02. The number of benzene rings is 1. The molecule has 1 amide bonds. The van der Waals surface area contributed by atoms with E-state index < -0.39 is 23.2 Å². The van der Waals surface area contributed by atoms with Crippen molar-refractivity contribution in [1.82, 2.24) is 5.32 Å². The first-order valence-electron chi connectivity index (χ1n) is 5.71. The van der Waals surface area contributed by atoms with Crippen LogP contribution in [0.2, 0.25) is 5.02 Å². The van der Waals surface area contributed by atoms with Crippen LogP contribution in [-0.4, -0.2) is 37.4 Å². The van der Waals surface area contributed by atoms with Crippen molar-refractivity contribution in [3.63, 3.8) is 0 Å². The summed E-state index contributed by atoms with van der Waals surface area (Å²) in [5.41, 5.74) is -0.0265. The van der Waals surface area contributed by atoms with Gasteiger partial charge in [-0.2, -0.15) is 0 Å². The van der Waals surface area contributed by atoms with Gasteiger partial charge in [-0.05, 0) is 13.0 Å². The molecule has 7 nitrogen and oxygen atoms in total. The number of amides is 1. The number of nitro groups is 1. The van der Waals surface area contributed by atoms with Gasteiger partial charge in [0.2, 0.25) is 0 Å². The van der Waals surface area contributed by atoms with Crippen molar-refractivity contribution in [3.05, 3.63) is 38.9 Å². The topological polar surface area (TPSA) is 90.7 Å². The number of carbonyl (C=O) groups excluding carboxylic acids is 1. The molecule has 0 aliphatic heterocycles. The largest absolute Gasteiger partial charge is 0.354 e. The lowest BCUT2D eigenvalue weighted by atomic mass is 10.1. The van der Waals surface area contributed by atoms with Gasteiger partial charge in [-0.1, -0.05) is 11.6 Å². The number of ether oxygens (including phenoxy) is 2. The minimum atomic E-state index is -0.601. The molecule has 1 rings (SSSR count). The first kappa shape index (κ1) is 16.4. The minimum Gasteiger partial charge on any atom is -0.354 e. The zero-order valence-corrected chi connectivity index (χ0v) is 12.0. The molecule has 0 aliphatic carbocycles. The molecule has 1 unspecified atom stereocenters. The molecule has 1 atom stereocenters. The molecule has 1 aromatic carbocycles. The van der Waals surface area contributed by atoms with Gasteiger partial charge in [0.1, 0.15) is 0 Å². The predicted molar refractivity (Wildman–Crippen MR) is 72.8 cm³/mol. The third kappa shape index (κ3) is 3.89. The fourth-order valence-corrected chi connectivity index (χ4v) is 1.92. The average molecular weight is 303 g/mol. The molecule has 0 saturated carbocycles. The lowest BCUT2D eigenvalue weighted by Gasteiger charge is -2.22. The molecule has 0 aliphatic rings. The normalized spacial score (nSPS) is 12.2. The molecule has 0 fully saturated rings. The second-order valence-corrected chi connectivity index (χ2v) is 4.43. The van der Waals surface area contributed by atoms with Crippen LogP contribution < -0.4 is 5.32 Å². The van der Waals surface area contributed by atoms with Crippen LogP contribution in [0.1, 0.15) is 17.3 Å². The average Bonchev–Trinajstić information content (AvgIpc) is 2.39. The molecule has 0 aromatic heterocycles. The molecular formula is C12H15ClN2O5. The van der Waals surface area contributed by atoms with E-state index >= 15 is 0 Å². The molecule has 0 heterocycles. The van der Waals surface area contributed by atoms with Crippen LogP contribution in [0.15, 0.2) is 18.2 Å². The highest BCUT2D eigenvalue weighted by Crippen LogP contribution is 2.22. The molecule has 1 N–H and O–H groups in total. The van der Waals surface area contributed by atoms with Gasteiger partial charge in [-0.3, -0.25) is 14.9 Å². The van der Waals surface area contributed by atoms with Crippen LogP contribution in [0, 0.1) is 10.1 Å². The maximum absolute atomic E-state index is 12.0. The Labute approximate surface area is 121 Å². The number of nitrogens with zero attached hydrogens (tertiary/aromatic N) is 1. The lowest BCUT2D eigenvalue weighted by Crippen LogP contribution is -2.43. The first-order valence-corrected chi connectivity index (χ1v) is 6.09. The van der Waals surface area contributed by atoms with Gasteiger partial charge in [0, 0.05) is 26.4 Å². The Morgan fingerprint density at radius 2 is 2.00 bits per heavy atom. The Morgan fingerprint density at radius 3 is 2.45 bits per heavy atom. The lowest BCUT2D eigenvalue weighted by molar-refractivity contribution is -0.384. The molecule has 8 heteroatoms. The summed E-state index contributed by atoms with van der Waals surface area (Å²) in [4.78, 5) is 22.0. The minimum absolute atomic E-state index is 0.00952. The summed E-state index contributed by atoms with van der Waals surface area (Å²) in [5, 5.41) is 13.2. The molecule has 0 spiro atoms. The number of methoxy groups -OCH3 is 2. The van der Waals surface area contributed by atoms with Crippen molar-refractivity contribution in [2.24, 2.45) is 0 Å². The number of nitro benzene ring substituents is 1. The van der Waals surface area contributed by atoms with E-state index in [2.05, 4.69) is 5.32 Å². The third-order valence-corrected chi connectivity index (χ3v) is 2.95. The van der Waals surface area contributed by atoms with Crippen LogP contribution in [0.25, 0.3) is 0 Å². The molecule has 20 heavy (non-hydrogen) atoms. The Bertz CT molecular complexity index is 505. The summed E-state index contributed by atoms with van der Waals surface area (Å²) in [6.45, 7) is 1.70. The fraction of sp³-hybridized carbons (Fsp3) is 0.417. The number of hydrogen-bond donors (Lipinski definition) is 1. The van der Waals surface area contributed by atoms with Crippen molar-refractivity contribution >= 4 is 23.2 Å². The van der Waals surface area contributed by atoms with Gasteiger partial charge in [-0.25, -0.2) is 0 Å². The van der Waals surface area contributed by atoms with Crippen molar-refractivity contribution in [2.45, 2.75) is 19.3 Å². The van der Waals surface area contributed by atoms with E-state index in [0.717, 1.165) is 6.07 Å².